The Balaban J connectivity index is 1.48. The summed E-state index contributed by atoms with van der Waals surface area (Å²) in [4.78, 5) is 29.5. The van der Waals surface area contributed by atoms with Gasteiger partial charge in [0, 0.05) is 49.0 Å². The molecule has 0 saturated heterocycles. The van der Waals surface area contributed by atoms with Crippen molar-refractivity contribution in [1.29, 1.82) is 0 Å². The second-order valence-corrected chi connectivity index (χ2v) is 9.64. The molecule has 34 heavy (non-hydrogen) atoms. The molecule has 0 aliphatic carbocycles. The molecule has 10 heteroatoms. The molecule has 1 atom stereocenters. The van der Waals surface area contributed by atoms with E-state index in [4.69, 9.17) is 11.6 Å². The quantitative estimate of drug-likeness (QED) is 0.388. The molecule has 176 valence electrons. The largest absolute Gasteiger partial charge is 0.385 e. The standard InChI is InChI=1S/C24H24ClN5O3S/c1-29(14-21(31)20-4-3-9-27-28-20)12-17-10-18-22(32)19(13-30(2)24(18)34-17)23(33)26-11-15-5-7-16(25)8-6-15/h3-10,13,21,31H,11-12,14H2,1-2H3,(H,26,33). The summed E-state index contributed by atoms with van der Waals surface area (Å²) in [5, 5.41) is 22.1. The molecule has 0 aliphatic rings. The monoisotopic (exact) mass is 497 g/mol. The molecule has 0 radical (unpaired) electrons. The van der Waals surface area contributed by atoms with E-state index < -0.39 is 12.0 Å². The zero-order chi connectivity index (χ0) is 24.2. The van der Waals surface area contributed by atoms with Crippen molar-refractivity contribution in [3.8, 4) is 0 Å². The maximum Gasteiger partial charge on any atom is 0.257 e. The summed E-state index contributed by atoms with van der Waals surface area (Å²) in [5.41, 5.74) is 1.19. The zero-order valence-electron chi connectivity index (χ0n) is 18.7. The smallest absolute Gasteiger partial charge is 0.257 e. The van der Waals surface area contributed by atoms with Crippen LogP contribution in [-0.4, -0.2) is 44.3 Å². The lowest BCUT2D eigenvalue weighted by molar-refractivity contribution is 0.0949. The number of halogens is 1. The molecule has 2 N–H and O–H groups in total. The highest BCUT2D eigenvalue weighted by molar-refractivity contribution is 7.18. The fraction of sp³-hybridized carbons (Fsp3) is 0.250. The van der Waals surface area contributed by atoms with Gasteiger partial charge in [0.1, 0.15) is 16.5 Å². The fourth-order valence-electron chi connectivity index (χ4n) is 3.64. The van der Waals surface area contributed by atoms with Crippen LogP contribution in [-0.2, 0) is 20.1 Å². The highest BCUT2D eigenvalue weighted by Crippen LogP contribution is 2.25. The summed E-state index contributed by atoms with van der Waals surface area (Å²) >= 11 is 7.39. The first-order valence-corrected chi connectivity index (χ1v) is 11.8. The summed E-state index contributed by atoms with van der Waals surface area (Å²) in [7, 11) is 3.71. The topological polar surface area (TPSA) is 100 Å². The number of aryl methyl sites for hydroxylation is 1. The minimum absolute atomic E-state index is 0.0970. The molecule has 0 fully saturated rings. The van der Waals surface area contributed by atoms with Crippen molar-refractivity contribution in [1.82, 2.24) is 25.0 Å². The first kappa shape index (κ1) is 24.0. The molecular formula is C24H24ClN5O3S. The number of aromatic nitrogens is 3. The van der Waals surface area contributed by atoms with Gasteiger partial charge in [-0.15, -0.1) is 11.3 Å². The van der Waals surface area contributed by atoms with E-state index in [1.165, 1.54) is 11.3 Å². The number of aliphatic hydroxyl groups excluding tert-OH is 1. The van der Waals surface area contributed by atoms with Gasteiger partial charge in [0.15, 0.2) is 0 Å². The molecule has 1 amide bonds. The van der Waals surface area contributed by atoms with Crippen molar-refractivity contribution in [3.63, 3.8) is 0 Å². The van der Waals surface area contributed by atoms with Gasteiger partial charge in [-0.2, -0.15) is 10.2 Å². The van der Waals surface area contributed by atoms with E-state index in [0.29, 0.717) is 35.7 Å². The van der Waals surface area contributed by atoms with Crippen molar-refractivity contribution in [2.75, 3.05) is 13.6 Å². The number of thiophene rings is 1. The highest BCUT2D eigenvalue weighted by Gasteiger charge is 2.18. The zero-order valence-corrected chi connectivity index (χ0v) is 20.3. The number of amides is 1. The molecule has 4 rings (SSSR count). The van der Waals surface area contributed by atoms with Gasteiger partial charge in [-0.3, -0.25) is 14.5 Å². The minimum atomic E-state index is -0.768. The summed E-state index contributed by atoms with van der Waals surface area (Å²) in [6.07, 6.45) is 2.36. The molecule has 1 aromatic carbocycles. The van der Waals surface area contributed by atoms with E-state index in [2.05, 4.69) is 15.5 Å². The van der Waals surface area contributed by atoms with Gasteiger partial charge in [-0.25, -0.2) is 0 Å². The number of nitrogens with zero attached hydrogens (tertiary/aromatic N) is 4. The van der Waals surface area contributed by atoms with Crippen LogP contribution < -0.4 is 10.7 Å². The molecule has 0 saturated carbocycles. The predicted octanol–water partition coefficient (Wildman–Crippen LogP) is 3.14. The second kappa shape index (κ2) is 10.4. The molecule has 3 aromatic heterocycles. The molecular weight excluding hydrogens is 474 g/mol. The molecule has 8 nitrogen and oxygen atoms in total. The number of aliphatic hydroxyl groups is 1. The summed E-state index contributed by atoms with van der Waals surface area (Å²) in [6, 6.07) is 12.4. The minimum Gasteiger partial charge on any atom is -0.385 e. The molecule has 0 spiro atoms. The van der Waals surface area contributed by atoms with E-state index in [-0.39, 0.29) is 11.0 Å². The third-order valence-corrected chi connectivity index (χ3v) is 6.81. The first-order chi connectivity index (χ1) is 16.3. The van der Waals surface area contributed by atoms with Crippen LogP contribution >= 0.6 is 22.9 Å². The number of carbonyl (C=O) groups excluding carboxylic acids is 1. The Morgan fingerprint density at radius 1 is 1.29 bits per heavy atom. The number of hydrogen-bond acceptors (Lipinski definition) is 7. The first-order valence-electron chi connectivity index (χ1n) is 10.6. The lowest BCUT2D eigenvalue weighted by Crippen LogP contribution is -2.29. The molecule has 3 heterocycles. The lowest BCUT2D eigenvalue weighted by atomic mass is 10.2. The van der Waals surface area contributed by atoms with Gasteiger partial charge in [0.05, 0.1) is 11.1 Å². The number of rotatable bonds is 8. The highest BCUT2D eigenvalue weighted by atomic mass is 35.5. The SMILES string of the molecule is CN(Cc1cc2c(=O)c(C(=O)NCc3ccc(Cl)cc3)cn(C)c2s1)CC(O)c1cccnn1. The molecule has 1 unspecified atom stereocenters. The number of pyridine rings is 1. The van der Waals surface area contributed by atoms with E-state index >= 15 is 0 Å². The van der Waals surface area contributed by atoms with Crippen LogP contribution in [0.5, 0.6) is 0 Å². The van der Waals surface area contributed by atoms with E-state index in [9.17, 15) is 14.7 Å². The van der Waals surface area contributed by atoms with Gasteiger partial charge in [-0.1, -0.05) is 23.7 Å². The fourth-order valence-corrected chi connectivity index (χ4v) is 4.94. The van der Waals surface area contributed by atoms with Crippen molar-refractivity contribution >= 4 is 39.1 Å². The Morgan fingerprint density at radius 2 is 2.06 bits per heavy atom. The number of hydrogen-bond donors (Lipinski definition) is 2. The Labute approximate surface area is 205 Å². The number of carbonyl (C=O) groups is 1. The number of nitrogens with one attached hydrogen (secondary N) is 1. The Hall–Kier alpha value is -3.11. The Bertz CT molecular complexity index is 1360. The van der Waals surface area contributed by atoms with Gasteiger partial charge < -0.3 is 15.0 Å². The maximum atomic E-state index is 13.1. The van der Waals surface area contributed by atoms with Crippen LogP contribution in [0, 0.1) is 0 Å². The number of benzene rings is 1. The van der Waals surface area contributed by atoms with Crippen molar-refractivity contribution in [2.45, 2.75) is 19.2 Å². The molecule has 0 bridgehead atoms. The Kier molecular flexibility index (Phi) is 7.38. The van der Waals surface area contributed by atoms with Crippen LogP contribution in [0.25, 0.3) is 10.2 Å². The van der Waals surface area contributed by atoms with Crippen molar-refractivity contribution in [3.05, 3.63) is 91.8 Å². The third-order valence-electron chi connectivity index (χ3n) is 5.35. The van der Waals surface area contributed by atoms with E-state index in [1.807, 2.05) is 37.2 Å². The lowest BCUT2D eigenvalue weighted by Gasteiger charge is -2.19. The van der Waals surface area contributed by atoms with Crippen LogP contribution in [0.2, 0.25) is 5.02 Å². The summed E-state index contributed by atoms with van der Waals surface area (Å²) in [5.74, 6) is -0.422. The second-order valence-electron chi connectivity index (χ2n) is 8.08. The molecule has 0 aliphatic heterocycles. The Morgan fingerprint density at radius 3 is 2.76 bits per heavy atom. The van der Waals surface area contributed by atoms with Crippen molar-refractivity contribution in [2.24, 2.45) is 7.05 Å². The van der Waals surface area contributed by atoms with Crippen LogP contribution in [0.3, 0.4) is 0 Å². The average molecular weight is 498 g/mol. The third kappa shape index (κ3) is 5.51. The average Bonchev–Trinajstić information content (AvgIpc) is 3.26. The number of likely N-dealkylation sites (N-methyl/N-ethyl adjacent to an activating group) is 1. The van der Waals surface area contributed by atoms with Gasteiger partial charge in [-0.05, 0) is 42.9 Å². The van der Waals surface area contributed by atoms with Gasteiger partial charge in [0.25, 0.3) is 5.91 Å². The van der Waals surface area contributed by atoms with Crippen molar-refractivity contribution < 1.29 is 9.90 Å². The normalized spacial score (nSPS) is 12.3. The van der Waals surface area contributed by atoms with Crippen LogP contribution in [0.1, 0.15) is 32.6 Å². The van der Waals surface area contributed by atoms with Gasteiger partial charge in [0.2, 0.25) is 5.43 Å². The predicted molar refractivity (Wildman–Crippen MR) is 133 cm³/mol. The summed E-state index contributed by atoms with van der Waals surface area (Å²) < 4.78 is 1.80. The molecule has 4 aromatic rings. The summed E-state index contributed by atoms with van der Waals surface area (Å²) in [6.45, 7) is 1.20. The van der Waals surface area contributed by atoms with Gasteiger partial charge >= 0.3 is 0 Å². The number of fused-ring (bicyclic) bond motifs is 1. The van der Waals surface area contributed by atoms with Crippen LogP contribution in [0.4, 0.5) is 0 Å². The van der Waals surface area contributed by atoms with Crippen LogP contribution in [0.15, 0.2) is 59.7 Å². The van der Waals surface area contributed by atoms with E-state index in [0.717, 1.165) is 15.3 Å². The maximum absolute atomic E-state index is 13.1. The van der Waals surface area contributed by atoms with E-state index in [1.54, 1.807) is 41.2 Å².